The largest absolute Gasteiger partial charge is 0.338 e. The zero-order chi connectivity index (χ0) is 20.5. The van der Waals surface area contributed by atoms with Gasteiger partial charge < -0.3 is 9.80 Å². The summed E-state index contributed by atoms with van der Waals surface area (Å²) in [5.74, 6) is -2.78. The van der Waals surface area contributed by atoms with E-state index in [0.717, 1.165) is 17.0 Å². The molecule has 4 amide bonds. The molecule has 2 aliphatic rings. The van der Waals surface area contributed by atoms with Crippen LogP contribution < -0.4 is 4.90 Å². The Morgan fingerprint density at radius 3 is 2.14 bits per heavy atom. The van der Waals surface area contributed by atoms with Gasteiger partial charge in [0.1, 0.15) is 23.7 Å². The molecule has 8 heteroatoms. The molecule has 6 nitrogen and oxygen atoms in total. The van der Waals surface area contributed by atoms with E-state index in [-0.39, 0.29) is 37.6 Å². The number of likely N-dealkylation sites (tertiary alicyclic amines) is 1. The van der Waals surface area contributed by atoms with Crippen molar-refractivity contribution in [3.63, 3.8) is 0 Å². The Hall–Kier alpha value is -3.29. The summed E-state index contributed by atoms with van der Waals surface area (Å²) in [6.45, 7) is 0.482. The highest BCUT2D eigenvalue weighted by atomic mass is 19.1. The van der Waals surface area contributed by atoms with E-state index in [0.29, 0.717) is 18.5 Å². The van der Waals surface area contributed by atoms with Gasteiger partial charge in [-0.25, -0.2) is 18.5 Å². The molecule has 0 unspecified atom stereocenters. The van der Waals surface area contributed by atoms with E-state index in [2.05, 4.69) is 0 Å². The van der Waals surface area contributed by atoms with E-state index in [1.54, 1.807) is 30.3 Å². The number of carbonyl (C=O) groups is 3. The van der Waals surface area contributed by atoms with Gasteiger partial charge in [-0.05, 0) is 37.1 Å². The number of halogens is 2. The van der Waals surface area contributed by atoms with Gasteiger partial charge in [-0.1, -0.05) is 24.3 Å². The first-order valence-electron chi connectivity index (χ1n) is 9.39. The molecule has 2 aromatic carbocycles. The van der Waals surface area contributed by atoms with Crippen molar-refractivity contribution in [2.75, 3.05) is 24.5 Å². The number of hydrogen-bond donors (Lipinski definition) is 0. The van der Waals surface area contributed by atoms with Gasteiger partial charge in [-0.3, -0.25) is 9.59 Å². The molecule has 2 saturated heterocycles. The van der Waals surface area contributed by atoms with Crippen LogP contribution in [0.1, 0.15) is 23.2 Å². The molecule has 0 radical (unpaired) electrons. The van der Waals surface area contributed by atoms with Gasteiger partial charge in [0.2, 0.25) is 0 Å². The van der Waals surface area contributed by atoms with Gasteiger partial charge in [0.25, 0.3) is 11.8 Å². The fourth-order valence-corrected chi connectivity index (χ4v) is 3.88. The highest BCUT2D eigenvalue weighted by molar-refractivity contribution is 6.19. The lowest BCUT2D eigenvalue weighted by atomic mass is 10.0. The van der Waals surface area contributed by atoms with Crippen molar-refractivity contribution in [1.29, 1.82) is 0 Å². The predicted molar refractivity (Wildman–Crippen MR) is 101 cm³/mol. The molecular formula is C21H19F2N3O3. The van der Waals surface area contributed by atoms with Crippen LogP contribution in [0.4, 0.5) is 19.3 Å². The number of piperidine rings is 1. The molecule has 150 valence electrons. The molecule has 0 bridgehead atoms. The molecule has 29 heavy (non-hydrogen) atoms. The molecule has 0 saturated carbocycles. The summed E-state index contributed by atoms with van der Waals surface area (Å²) in [4.78, 5) is 41.8. The first kappa shape index (κ1) is 19.0. The summed E-state index contributed by atoms with van der Waals surface area (Å²) in [6.07, 6.45) is 0.868. The van der Waals surface area contributed by atoms with Crippen LogP contribution in [0, 0.1) is 11.6 Å². The highest BCUT2D eigenvalue weighted by Crippen LogP contribution is 2.27. The molecule has 2 heterocycles. The predicted octanol–water partition coefficient (Wildman–Crippen LogP) is 3.04. The summed E-state index contributed by atoms with van der Waals surface area (Å²) in [6, 6.07) is 11.4. The Kier molecular flexibility index (Phi) is 5.00. The number of anilines is 1. The Morgan fingerprint density at radius 2 is 1.52 bits per heavy atom. The van der Waals surface area contributed by atoms with Crippen LogP contribution in [0.15, 0.2) is 48.5 Å². The van der Waals surface area contributed by atoms with Crippen LogP contribution in [0.3, 0.4) is 0 Å². The third-order valence-electron chi connectivity index (χ3n) is 5.38. The smallest absolute Gasteiger partial charge is 0.332 e. The topological polar surface area (TPSA) is 60.9 Å². The van der Waals surface area contributed by atoms with Crippen LogP contribution >= 0.6 is 0 Å². The van der Waals surface area contributed by atoms with Crippen molar-refractivity contribution in [3.05, 3.63) is 65.7 Å². The molecule has 2 aliphatic heterocycles. The summed E-state index contributed by atoms with van der Waals surface area (Å²) in [7, 11) is 0. The quantitative estimate of drug-likeness (QED) is 0.746. The minimum Gasteiger partial charge on any atom is -0.338 e. The van der Waals surface area contributed by atoms with Gasteiger partial charge in [-0.2, -0.15) is 0 Å². The molecule has 0 atom stereocenters. The van der Waals surface area contributed by atoms with Gasteiger partial charge in [0.15, 0.2) is 0 Å². The first-order chi connectivity index (χ1) is 14.0. The minimum atomic E-state index is -0.893. The highest BCUT2D eigenvalue weighted by Gasteiger charge is 2.42. The number of para-hydroxylation sites is 1. The van der Waals surface area contributed by atoms with Gasteiger partial charge in [-0.15, -0.1) is 0 Å². The Morgan fingerprint density at radius 1 is 0.897 bits per heavy atom. The van der Waals surface area contributed by atoms with Crippen molar-refractivity contribution in [2.24, 2.45) is 0 Å². The molecule has 4 rings (SSSR count). The maximum Gasteiger partial charge on any atom is 0.332 e. The number of benzene rings is 2. The molecule has 0 N–H and O–H groups in total. The van der Waals surface area contributed by atoms with Crippen LogP contribution in [-0.4, -0.2) is 53.3 Å². The first-order valence-corrected chi connectivity index (χ1v) is 9.39. The monoisotopic (exact) mass is 399 g/mol. The Balaban J connectivity index is 1.43. The lowest BCUT2D eigenvalue weighted by Crippen LogP contribution is -2.48. The average molecular weight is 399 g/mol. The fraction of sp³-hybridized carbons (Fsp3) is 0.286. The summed E-state index contributed by atoms with van der Waals surface area (Å²) in [5.41, 5.74) is -0.0405. The molecule has 0 aliphatic carbocycles. The molecular weight excluding hydrogens is 380 g/mol. The van der Waals surface area contributed by atoms with E-state index in [1.807, 2.05) is 0 Å². The molecule has 2 aromatic rings. The number of hydrogen-bond acceptors (Lipinski definition) is 3. The average Bonchev–Trinajstić information content (AvgIpc) is 3.02. The number of urea groups is 1. The maximum absolute atomic E-state index is 13.9. The Labute approximate surface area is 166 Å². The van der Waals surface area contributed by atoms with Crippen molar-refractivity contribution < 1.29 is 23.2 Å². The molecule has 0 aromatic heterocycles. The standard InChI is InChI=1S/C21H19F2N3O3/c22-16-7-4-8-17(23)19(16)20(28)24-11-9-14(10-12-24)25-13-18(27)26(21(25)29)15-5-2-1-3-6-15/h1-8,14H,9-13H2. The van der Waals surface area contributed by atoms with Crippen LogP contribution in [0.2, 0.25) is 0 Å². The second kappa shape index (κ2) is 7.62. The van der Waals surface area contributed by atoms with Crippen molar-refractivity contribution >= 4 is 23.5 Å². The zero-order valence-corrected chi connectivity index (χ0v) is 15.6. The maximum atomic E-state index is 13.9. The number of amides is 4. The van der Waals surface area contributed by atoms with E-state index < -0.39 is 23.1 Å². The van der Waals surface area contributed by atoms with E-state index in [9.17, 15) is 23.2 Å². The van der Waals surface area contributed by atoms with Gasteiger partial charge >= 0.3 is 6.03 Å². The summed E-state index contributed by atoms with van der Waals surface area (Å²) >= 11 is 0. The van der Waals surface area contributed by atoms with Crippen LogP contribution in [-0.2, 0) is 4.79 Å². The third kappa shape index (κ3) is 3.46. The van der Waals surface area contributed by atoms with E-state index in [4.69, 9.17) is 0 Å². The third-order valence-corrected chi connectivity index (χ3v) is 5.38. The van der Waals surface area contributed by atoms with Crippen LogP contribution in [0.5, 0.6) is 0 Å². The van der Waals surface area contributed by atoms with Crippen molar-refractivity contribution in [1.82, 2.24) is 9.80 Å². The second-order valence-corrected chi connectivity index (χ2v) is 7.10. The lowest BCUT2D eigenvalue weighted by molar-refractivity contribution is -0.116. The summed E-state index contributed by atoms with van der Waals surface area (Å²) in [5, 5.41) is 0. The van der Waals surface area contributed by atoms with Gasteiger partial charge in [0, 0.05) is 19.1 Å². The van der Waals surface area contributed by atoms with Crippen molar-refractivity contribution in [3.8, 4) is 0 Å². The summed E-state index contributed by atoms with van der Waals surface area (Å²) < 4.78 is 27.8. The van der Waals surface area contributed by atoms with Gasteiger partial charge in [0.05, 0.1) is 5.69 Å². The van der Waals surface area contributed by atoms with E-state index >= 15 is 0 Å². The lowest BCUT2D eigenvalue weighted by Gasteiger charge is -2.36. The molecule has 0 spiro atoms. The number of carbonyl (C=O) groups excluding carboxylic acids is 3. The molecule has 2 fully saturated rings. The van der Waals surface area contributed by atoms with Crippen molar-refractivity contribution in [2.45, 2.75) is 18.9 Å². The van der Waals surface area contributed by atoms with E-state index in [1.165, 1.54) is 15.9 Å². The number of nitrogens with zero attached hydrogens (tertiary/aromatic N) is 3. The normalized spacial score (nSPS) is 17.9. The fourth-order valence-electron chi connectivity index (χ4n) is 3.88. The minimum absolute atomic E-state index is 0.0196. The SMILES string of the molecule is O=C(c1c(F)cccc1F)N1CCC(N2CC(=O)N(c3ccccc3)C2=O)CC1. The number of imide groups is 1. The zero-order valence-electron chi connectivity index (χ0n) is 15.6. The van der Waals surface area contributed by atoms with Crippen LogP contribution in [0.25, 0.3) is 0 Å². The number of rotatable bonds is 3. The second-order valence-electron chi connectivity index (χ2n) is 7.10. The Bertz CT molecular complexity index is 939.